The van der Waals surface area contributed by atoms with Crippen molar-refractivity contribution < 1.29 is 4.52 Å². The van der Waals surface area contributed by atoms with Crippen LogP contribution in [0, 0.1) is 0 Å². The van der Waals surface area contributed by atoms with Crippen molar-refractivity contribution in [1.82, 2.24) is 14.5 Å². The van der Waals surface area contributed by atoms with E-state index in [2.05, 4.69) is 10.1 Å². The lowest BCUT2D eigenvalue weighted by Crippen LogP contribution is -1.85. The molecule has 3 aromatic rings. The molecular formula is C10H8N4O. The van der Waals surface area contributed by atoms with Gasteiger partial charge in [0.15, 0.2) is 0 Å². The lowest BCUT2D eigenvalue weighted by Gasteiger charge is -1.96. The van der Waals surface area contributed by atoms with Gasteiger partial charge in [-0.15, -0.1) is 0 Å². The predicted molar refractivity (Wildman–Crippen MR) is 55.1 cm³/mol. The smallest absolute Gasteiger partial charge is 0.222 e. The summed E-state index contributed by atoms with van der Waals surface area (Å²) in [5, 5.41) is 3.84. The van der Waals surface area contributed by atoms with Crippen LogP contribution in [0.4, 0.5) is 5.88 Å². The van der Waals surface area contributed by atoms with E-state index in [9.17, 15) is 0 Å². The van der Waals surface area contributed by atoms with Gasteiger partial charge in [0.1, 0.15) is 11.3 Å². The third-order valence-electron chi connectivity index (χ3n) is 2.21. The summed E-state index contributed by atoms with van der Waals surface area (Å²) in [6.07, 6.45) is 5.55. The summed E-state index contributed by atoms with van der Waals surface area (Å²) in [7, 11) is 0. The Morgan fingerprint density at radius 3 is 3.07 bits per heavy atom. The first-order chi connectivity index (χ1) is 7.33. The van der Waals surface area contributed by atoms with Crippen molar-refractivity contribution in [2.24, 2.45) is 0 Å². The minimum Gasteiger partial charge on any atom is -0.368 e. The van der Waals surface area contributed by atoms with Gasteiger partial charge in [0.2, 0.25) is 5.88 Å². The Labute approximate surface area is 85.1 Å². The van der Waals surface area contributed by atoms with Crippen LogP contribution in [0.15, 0.2) is 41.3 Å². The Hall–Kier alpha value is -2.30. The highest BCUT2D eigenvalue weighted by molar-refractivity contribution is 5.62. The van der Waals surface area contributed by atoms with E-state index in [-0.39, 0.29) is 0 Å². The summed E-state index contributed by atoms with van der Waals surface area (Å²) in [5.74, 6) is 0.315. The molecule has 0 saturated heterocycles. The molecule has 3 aromatic heterocycles. The van der Waals surface area contributed by atoms with E-state index in [0.29, 0.717) is 5.88 Å². The molecule has 74 valence electrons. The predicted octanol–water partition coefficient (Wildman–Crippen LogP) is 1.57. The van der Waals surface area contributed by atoms with Gasteiger partial charge in [-0.1, -0.05) is 5.16 Å². The second-order valence-corrected chi connectivity index (χ2v) is 3.23. The van der Waals surface area contributed by atoms with Crippen molar-refractivity contribution in [2.45, 2.75) is 0 Å². The first-order valence-corrected chi connectivity index (χ1v) is 4.48. The average Bonchev–Trinajstić information content (AvgIpc) is 2.84. The van der Waals surface area contributed by atoms with Crippen LogP contribution in [0.2, 0.25) is 0 Å². The molecule has 0 radical (unpaired) electrons. The number of nitrogen functional groups attached to an aromatic ring is 1. The number of nitrogens with two attached hydrogens (primary N) is 1. The molecule has 0 amide bonds. The molecule has 15 heavy (non-hydrogen) atoms. The maximum absolute atomic E-state index is 5.46. The fraction of sp³-hybridized carbons (Fsp3) is 0. The van der Waals surface area contributed by atoms with Gasteiger partial charge in [0, 0.05) is 30.2 Å². The van der Waals surface area contributed by atoms with E-state index < -0.39 is 0 Å². The SMILES string of the molecule is Nc1cc(-c2ccc3nccn3c2)no1. The van der Waals surface area contributed by atoms with Gasteiger partial charge in [-0.05, 0) is 12.1 Å². The number of hydrogen-bond donors (Lipinski definition) is 1. The summed E-state index contributed by atoms with van der Waals surface area (Å²) < 4.78 is 6.73. The molecule has 0 aliphatic heterocycles. The molecule has 0 aromatic carbocycles. The Kier molecular flexibility index (Phi) is 1.53. The maximum atomic E-state index is 5.46. The first-order valence-electron chi connectivity index (χ1n) is 4.48. The quantitative estimate of drug-likeness (QED) is 0.647. The lowest BCUT2D eigenvalue weighted by molar-refractivity contribution is 0.439. The largest absolute Gasteiger partial charge is 0.368 e. The second-order valence-electron chi connectivity index (χ2n) is 3.23. The van der Waals surface area contributed by atoms with Crippen LogP contribution >= 0.6 is 0 Å². The van der Waals surface area contributed by atoms with Gasteiger partial charge in [0.05, 0.1) is 0 Å². The van der Waals surface area contributed by atoms with Crippen LogP contribution in [0.25, 0.3) is 16.9 Å². The fourth-order valence-corrected chi connectivity index (χ4v) is 1.50. The number of rotatable bonds is 1. The monoisotopic (exact) mass is 200 g/mol. The molecule has 0 aliphatic carbocycles. The van der Waals surface area contributed by atoms with Crippen molar-refractivity contribution in [3.8, 4) is 11.3 Å². The van der Waals surface area contributed by atoms with E-state index in [1.165, 1.54) is 0 Å². The van der Waals surface area contributed by atoms with Crippen molar-refractivity contribution in [3.05, 3.63) is 36.8 Å². The highest BCUT2D eigenvalue weighted by Gasteiger charge is 2.04. The van der Waals surface area contributed by atoms with E-state index >= 15 is 0 Å². The van der Waals surface area contributed by atoms with E-state index in [1.54, 1.807) is 12.3 Å². The third-order valence-corrected chi connectivity index (χ3v) is 2.21. The molecule has 2 N–H and O–H groups in total. The van der Waals surface area contributed by atoms with Crippen molar-refractivity contribution in [3.63, 3.8) is 0 Å². The number of imidazole rings is 1. The third kappa shape index (κ3) is 1.25. The van der Waals surface area contributed by atoms with Gasteiger partial charge in [-0.2, -0.15) is 0 Å². The van der Waals surface area contributed by atoms with Crippen molar-refractivity contribution in [2.75, 3.05) is 5.73 Å². The number of fused-ring (bicyclic) bond motifs is 1. The molecule has 0 aliphatic rings. The van der Waals surface area contributed by atoms with Gasteiger partial charge in [0.25, 0.3) is 0 Å². The number of anilines is 1. The minimum atomic E-state index is 0.315. The fourth-order valence-electron chi connectivity index (χ4n) is 1.50. The zero-order chi connectivity index (χ0) is 10.3. The summed E-state index contributed by atoms with van der Waals surface area (Å²) in [5.41, 5.74) is 8.03. The number of hydrogen-bond acceptors (Lipinski definition) is 4. The molecular weight excluding hydrogens is 192 g/mol. The molecule has 0 spiro atoms. The zero-order valence-electron chi connectivity index (χ0n) is 7.79. The van der Waals surface area contributed by atoms with Crippen LogP contribution in [0.5, 0.6) is 0 Å². The Balaban J connectivity index is 2.18. The number of nitrogens with zero attached hydrogens (tertiary/aromatic N) is 3. The van der Waals surface area contributed by atoms with Crippen LogP contribution in [-0.2, 0) is 0 Å². The summed E-state index contributed by atoms with van der Waals surface area (Å²) in [4.78, 5) is 4.15. The summed E-state index contributed by atoms with van der Waals surface area (Å²) in [6, 6.07) is 5.54. The average molecular weight is 200 g/mol. The first kappa shape index (κ1) is 8.05. The van der Waals surface area contributed by atoms with Gasteiger partial charge < -0.3 is 14.7 Å². The molecule has 0 fully saturated rings. The molecule has 0 bridgehead atoms. The van der Waals surface area contributed by atoms with E-state index in [0.717, 1.165) is 16.9 Å². The summed E-state index contributed by atoms with van der Waals surface area (Å²) in [6.45, 7) is 0. The van der Waals surface area contributed by atoms with E-state index in [1.807, 2.05) is 28.9 Å². The topological polar surface area (TPSA) is 69.3 Å². The number of pyridine rings is 1. The highest BCUT2D eigenvalue weighted by Crippen LogP contribution is 2.20. The van der Waals surface area contributed by atoms with Gasteiger partial charge in [-0.25, -0.2) is 4.98 Å². The molecule has 0 unspecified atom stereocenters. The molecule has 0 saturated carbocycles. The minimum absolute atomic E-state index is 0.315. The maximum Gasteiger partial charge on any atom is 0.222 e. The number of aromatic nitrogens is 3. The standard InChI is InChI=1S/C10H8N4O/c11-9-5-8(13-15-9)7-1-2-10-12-3-4-14(10)6-7/h1-6H,11H2. The molecule has 3 heterocycles. The van der Waals surface area contributed by atoms with Crippen molar-refractivity contribution in [1.29, 1.82) is 0 Å². The second kappa shape index (κ2) is 2.84. The van der Waals surface area contributed by atoms with Crippen LogP contribution in [0.3, 0.4) is 0 Å². The Morgan fingerprint density at radius 1 is 1.33 bits per heavy atom. The Morgan fingerprint density at radius 2 is 2.27 bits per heavy atom. The normalized spacial score (nSPS) is 10.9. The van der Waals surface area contributed by atoms with E-state index in [4.69, 9.17) is 10.3 Å². The van der Waals surface area contributed by atoms with Crippen LogP contribution < -0.4 is 5.73 Å². The Bertz CT molecular complexity index is 610. The lowest BCUT2D eigenvalue weighted by atomic mass is 10.2. The van der Waals surface area contributed by atoms with Gasteiger partial charge >= 0.3 is 0 Å². The molecule has 5 heteroatoms. The van der Waals surface area contributed by atoms with Gasteiger partial charge in [-0.3, -0.25) is 0 Å². The zero-order valence-corrected chi connectivity index (χ0v) is 7.79. The molecule has 5 nitrogen and oxygen atoms in total. The molecule has 0 atom stereocenters. The van der Waals surface area contributed by atoms with Crippen LogP contribution in [-0.4, -0.2) is 14.5 Å². The van der Waals surface area contributed by atoms with Crippen LogP contribution in [0.1, 0.15) is 0 Å². The van der Waals surface area contributed by atoms with Crippen molar-refractivity contribution >= 4 is 11.5 Å². The highest BCUT2D eigenvalue weighted by atomic mass is 16.5. The summed E-state index contributed by atoms with van der Waals surface area (Å²) >= 11 is 0. The molecule has 3 rings (SSSR count).